The van der Waals surface area contributed by atoms with Gasteiger partial charge in [0, 0.05) is 51.3 Å². The number of hydrogen-bond acceptors (Lipinski definition) is 6. The monoisotopic (exact) mass is 550 g/mol. The second-order valence-electron chi connectivity index (χ2n) is 4.88. The number of aliphatic hydroxyl groups excluding tert-OH is 1. The largest absolute Gasteiger partial charge is 0.494 e. The third kappa shape index (κ3) is 6.87. The summed E-state index contributed by atoms with van der Waals surface area (Å²) in [5.41, 5.74) is 3.19. The Balaban J connectivity index is 0.000000616. The van der Waals surface area contributed by atoms with Crippen LogP contribution in [0.3, 0.4) is 0 Å². The van der Waals surface area contributed by atoms with Gasteiger partial charge in [0.1, 0.15) is 5.75 Å². The Bertz CT molecular complexity index is 701. The Kier molecular flexibility index (Phi) is 10.8. The Morgan fingerprint density at radius 3 is 1.77 bits per heavy atom. The van der Waals surface area contributed by atoms with Crippen LogP contribution in [0.15, 0.2) is 60.9 Å². The molecule has 0 bridgehead atoms. The number of nitrogens with zero attached hydrogens (tertiary/aromatic N) is 3. The first-order chi connectivity index (χ1) is 12.3. The molecule has 3 aromatic heterocycles. The number of ether oxygens (including phenoxy) is 1. The molecule has 0 amide bonds. The molecule has 3 heterocycles. The van der Waals surface area contributed by atoms with E-state index in [0.29, 0.717) is 12.4 Å². The van der Waals surface area contributed by atoms with Crippen molar-refractivity contribution in [3.05, 3.63) is 60.9 Å². The summed E-state index contributed by atoms with van der Waals surface area (Å²) >= 11 is 3.67. The number of aliphatic hydroxyl groups is 1. The predicted octanol–water partition coefficient (Wildman–Crippen LogP) is 3.51. The second-order valence-corrected chi connectivity index (χ2v) is 5.33. The van der Waals surface area contributed by atoms with Crippen LogP contribution in [0.5, 0.6) is 5.75 Å². The molecule has 3 rings (SSSR count). The van der Waals surface area contributed by atoms with E-state index in [0.717, 1.165) is 28.5 Å². The van der Waals surface area contributed by atoms with Crippen LogP contribution in [0.2, 0.25) is 0 Å². The molecule has 0 saturated heterocycles. The van der Waals surface area contributed by atoms with E-state index in [-0.39, 0.29) is 27.7 Å². The fraction of sp³-hybridized carbons (Fsp3) is 0.211. The first-order valence-electron chi connectivity index (χ1n) is 7.98. The van der Waals surface area contributed by atoms with Crippen molar-refractivity contribution in [1.82, 2.24) is 15.0 Å². The minimum atomic E-state index is 0. The fourth-order valence-corrected chi connectivity index (χ4v) is 2.05. The van der Waals surface area contributed by atoms with E-state index < -0.39 is 0 Å². The van der Waals surface area contributed by atoms with Crippen molar-refractivity contribution in [2.45, 2.75) is 6.92 Å². The van der Waals surface area contributed by atoms with Gasteiger partial charge in [0.05, 0.1) is 36.0 Å². The summed E-state index contributed by atoms with van der Waals surface area (Å²) in [4.78, 5) is 13.3. The molecule has 3 aromatic rings. The molecule has 0 spiro atoms. The van der Waals surface area contributed by atoms with Gasteiger partial charge in [-0.2, -0.15) is 12.6 Å². The number of hydrogen-bond donors (Lipinski definition) is 2. The van der Waals surface area contributed by atoms with Crippen molar-refractivity contribution >= 4 is 12.6 Å². The topological polar surface area (TPSA) is 68.1 Å². The van der Waals surface area contributed by atoms with Crippen molar-refractivity contribution in [3.63, 3.8) is 0 Å². The molecule has 0 unspecified atom stereocenters. The van der Waals surface area contributed by atoms with E-state index >= 15 is 0 Å². The minimum Gasteiger partial charge on any atom is -0.494 e. The van der Waals surface area contributed by atoms with Crippen LogP contribution in [0.25, 0.3) is 22.8 Å². The molecule has 7 heteroatoms. The summed E-state index contributed by atoms with van der Waals surface area (Å²) in [5, 5.41) is 7.80. The molecule has 5 nitrogen and oxygen atoms in total. The van der Waals surface area contributed by atoms with Crippen LogP contribution in [-0.2, 0) is 21.1 Å². The first kappa shape index (κ1) is 22.3. The van der Waals surface area contributed by atoms with E-state index in [1.54, 1.807) is 12.4 Å². The van der Waals surface area contributed by atoms with Gasteiger partial charge in [-0.15, -0.1) is 0 Å². The van der Waals surface area contributed by atoms with E-state index in [9.17, 15) is 0 Å². The molecule has 1 N–H and O–H groups in total. The maximum Gasteiger partial charge on any atom is 0.123 e. The van der Waals surface area contributed by atoms with Crippen molar-refractivity contribution in [2.75, 3.05) is 19.0 Å². The summed E-state index contributed by atoms with van der Waals surface area (Å²) in [6.07, 6.45) is 3.51. The zero-order chi connectivity index (χ0) is 17.9. The number of aromatic nitrogens is 3. The Morgan fingerprint density at radius 2 is 1.42 bits per heavy atom. The molecule has 0 saturated carbocycles. The van der Waals surface area contributed by atoms with Crippen molar-refractivity contribution in [2.24, 2.45) is 0 Å². The van der Waals surface area contributed by atoms with Crippen LogP contribution in [-0.4, -0.2) is 39.0 Å². The van der Waals surface area contributed by atoms with Crippen molar-refractivity contribution in [3.8, 4) is 28.5 Å². The predicted molar refractivity (Wildman–Crippen MR) is 103 cm³/mol. The van der Waals surface area contributed by atoms with Gasteiger partial charge in [-0.05, 0) is 31.2 Å². The molecule has 0 aliphatic rings. The van der Waals surface area contributed by atoms with E-state index in [1.807, 2.05) is 55.5 Å². The number of pyridine rings is 3. The van der Waals surface area contributed by atoms with Gasteiger partial charge in [0.15, 0.2) is 0 Å². The van der Waals surface area contributed by atoms with E-state index in [1.165, 1.54) is 0 Å². The maximum absolute atomic E-state index is 7.80. The van der Waals surface area contributed by atoms with Gasteiger partial charge in [-0.1, -0.05) is 12.1 Å². The molecular formula is C19H21N3O2PtS. The fourth-order valence-electron chi connectivity index (χ4n) is 2.05. The van der Waals surface area contributed by atoms with E-state index in [4.69, 9.17) is 9.84 Å². The SMILES string of the molecule is CCOc1cc(-c2ccccn2)nc(-c2ccccn2)c1.OCCS.[Pt]. The van der Waals surface area contributed by atoms with Gasteiger partial charge in [0.2, 0.25) is 0 Å². The molecule has 0 radical (unpaired) electrons. The molecule has 0 aromatic carbocycles. The van der Waals surface area contributed by atoms with E-state index in [2.05, 4.69) is 27.6 Å². The summed E-state index contributed by atoms with van der Waals surface area (Å²) in [6.45, 7) is 2.75. The second kappa shape index (κ2) is 12.6. The third-order valence-corrected chi connectivity index (χ3v) is 3.26. The summed E-state index contributed by atoms with van der Waals surface area (Å²) in [5.74, 6) is 1.34. The van der Waals surface area contributed by atoms with Crippen LogP contribution >= 0.6 is 12.6 Å². The average Bonchev–Trinajstić information content (AvgIpc) is 2.69. The van der Waals surface area contributed by atoms with Crippen LogP contribution in [0.1, 0.15) is 6.92 Å². The molecule has 0 aliphatic heterocycles. The third-order valence-electron chi connectivity index (χ3n) is 3.06. The van der Waals surface area contributed by atoms with Gasteiger partial charge in [-0.25, -0.2) is 4.98 Å². The van der Waals surface area contributed by atoms with Crippen LogP contribution in [0, 0.1) is 0 Å². The zero-order valence-electron chi connectivity index (χ0n) is 14.4. The Hall–Kier alpha value is -1.75. The maximum atomic E-state index is 7.80. The molecule has 140 valence electrons. The Labute approximate surface area is 173 Å². The van der Waals surface area contributed by atoms with Crippen molar-refractivity contribution < 1.29 is 30.9 Å². The van der Waals surface area contributed by atoms with Crippen LogP contribution < -0.4 is 4.74 Å². The summed E-state index contributed by atoms with van der Waals surface area (Å²) in [7, 11) is 0. The average molecular weight is 551 g/mol. The van der Waals surface area contributed by atoms with Crippen molar-refractivity contribution in [1.29, 1.82) is 0 Å². The summed E-state index contributed by atoms with van der Waals surface area (Å²) < 4.78 is 5.63. The van der Waals surface area contributed by atoms with Gasteiger partial charge in [-0.3, -0.25) is 9.97 Å². The molecular weight excluding hydrogens is 529 g/mol. The molecule has 0 aliphatic carbocycles. The minimum absolute atomic E-state index is 0. The molecule has 0 atom stereocenters. The first-order valence-corrected chi connectivity index (χ1v) is 8.61. The smallest absolute Gasteiger partial charge is 0.123 e. The zero-order valence-corrected chi connectivity index (χ0v) is 17.5. The van der Waals surface area contributed by atoms with Gasteiger partial charge in [0.25, 0.3) is 0 Å². The quantitative estimate of drug-likeness (QED) is 0.476. The molecule has 0 fully saturated rings. The standard InChI is InChI=1S/C17H15N3O.C2H6OS.Pt/c1-2-21-13-11-16(14-7-3-5-9-18-14)20-17(12-13)15-8-4-6-10-19-15;3-1-2-4;/h3-12H,2H2,1H3;3-4H,1-2H2;. The number of thiol groups is 1. The van der Waals surface area contributed by atoms with Crippen LogP contribution in [0.4, 0.5) is 0 Å². The molecule has 26 heavy (non-hydrogen) atoms. The number of rotatable bonds is 5. The summed E-state index contributed by atoms with van der Waals surface area (Å²) in [6, 6.07) is 15.3. The van der Waals surface area contributed by atoms with Gasteiger partial charge < -0.3 is 9.84 Å². The van der Waals surface area contributed by atoms with Gasteiger partial charge >= 0.3 is 0 Å². The normalized spacial score (nSPS) is 9.50. The Morgan fingerprint density at radius 1 is 0.923 bits per heavy atom.